The number of ether oxygens (including phenoxy) is 1. The van der Waals surface area contributed by atoms with Gasteiger partial charge in [0.15, 0.2) is 6.10 Å². The molecule has 1 atom stereocenters. The van der Waals surface area contributed by atoms with Gasteiger partial charge in [0.1, 0.15) is 0 Å². The molecule has 3 rings (SSSR count). The third-order valence-electron chi connectivity index (χ3n) is 4.35. The van der Waals surface area contributed by atoms with Crippen LogP contribution >= 0.6 is 0 Å². The van der Waals surface area contributed by atoms with Crippen LogP contribution in [0, 0.1) is 0 Å². The lowest BCUT2D eigenvalue weighted by Gasteiger charge is -2.30. The Morgan fingerprint density at radius 2 is 1.96 bits per heavy atom. The van der Waals surface area contributed by atoms with Crippen molar-refractivity contribution in [2.45, 2.75) is 18.9 Å². The van der Waals surface area contributed by atoms with E-state index in [1.54, 1.807) is 11.0 Å². The second kappa shape index (κ2) is 7.48. The molecular weight excluding hydrogens is 324 g/mol. The summed E-state index contributed by atoms with van der Waals surface area (Å²) in [5, 5.41) is 8.97. The van der Waals surface area contributed by atoms with Crippen LogP contribution in [0.3, 0.4) is 0 Å². The highest BCUT2D eigenvalue weighted by molar-refractivity contribution is 5.95. The summed E-state index contributed by atoms with van der Waals surface area (Å²) in [4.78, 5) is 38.1. The first-order valence-electron chi connectivity index (χ1n) is 8.26. The van der Waals surface area contributed by atoms with Crippen molar-refractivity contribution in [1.82, 2.24) is 4.90 Å². The molecule has 7 heteroatoms. The van der Waals surface area contributed by atoms with Gasteiger partial charge in [-0.05, 0) is 30.2 Å². The molecule has 1 aromatic rings. The van der Waals surface area contributed by atoms with Gasteiger partial charge in [0.2, 0.25) is 11.8 Å². The summed E-state index contributed by atoms with van der Waals surface area (Å²) >= 11 is 0. The molecule has 2 saturated heterocycles. The molecule has 0 aromatic heterocycles. The fourth-order valence-electron chi connectivity index (χ4n) is 2.96. The molecule has 0 bridgehead atoms. The average molecular weight is 344 g/mol. The van der Waals surface area contributed by atoms with E-state index in [0.717, 1.165) is 24.2 Å². The second-order valence-electron chi connectivity index (χ2n) is 6.06. The lowest BCUT2D eigenvalue weighted by Crippen LogP contribution is -2.48. The lowest BCUT2D eigenvalue weighted by molar-refractivity contribution is -0.158. The number of aliphatic carboxylic acids is 1. The number of carbonyl (C=O) groups is 3. The first-order chi connectivity index (χ1) is 12.0. The summed E-state index contributed by atoms with van der Waals surface area (Å²) in [6, 6.07) is 7.43. The topological polar surface area (TPSA) is 87.2 Å². The van der Waals surface area contributed by atoms with Crippen LogP contribution in [0.5, 0.6) is 0 Å². The molecule has 1 unspecified atom stereocenters. The molecule has 132 valence electrons. The van der Waals surface area contributed by atoms with Crippen molar-refractivity contribution < 1.29 is 24.2 Å². The zero-order valence-electron chi connectivity index (χ0n) is 13.8. The van der Waals surface area contributed by atoms with Crippen LogP contribution < -0.4 is 4.90 Å². The molecule has 7 nitrogen and oxygen atoms in total. The van der Waals surface area contributed by atoms with Crippen molar-refractivity contribution in [2.24, 2.45) is 0 Å². The third-order valence-corrected chi connectivity index (χ3v) is 4.35. The molecule has 2 fully saturated rings. The number of morpholine rings is 1. The summed E-state index contributed by atoms with van der Waals surface area (Å²) in [6.07, 6.45) is 3.62. The SMILES string of the molecule is O=C(O)C1CN(C(=O)C=Cc2ccc(N3CCCC3=O)cc2)CCO1. The van der Waals surface area contributed by atoms with Crippen molar-refractivity contribution in [3.05, 3.63) is 35.9 Å². The zero-order valence-corrected chi connectivity index (χ0v) is 13.8. The molecule has 0 saturated carbocycles. The van der Waals surface area contributed by atoms with E-state index < -0.39 is 12.1 Å². The smallest absolute Gasteiger partial charge is 0.334 e. The number of carbonyl (C=O) groups excluding carboxylic acids is 2. The molecular formula is C18H20N2O5. The number of carboxylic acid groups (broad SMARTS) is 1. The summed E-state index contributed by atoms with van der Waals surface area (Å²) in [5.41, 5.74) is 1.70. The van der Waals surface area contributed by atoms with Gasteiger partial charge in [0.05, 0.1) is 13.2 Å². The van der Waals surface area contributed by atoms with Gasteiger partial charge < -0.3 is 19.6 Å². The number of anilines is 1. The number of nitrogens with zero attached hydrogens (tertiary/aromatic N) is 2. The van der Waals surface area contributed by atoms with E-state index in [2.05, 4.69) is 0 Å². The van der Waals surface area contributed by atoms with Crippen LogP contribution in [0.25, 0.3) is 6.08 Å². The van der Waals surface area contributed by atoms with Gasteiger partial charge in [0, 0.05) is 31.3 Å². The van der Waals surface area contributed by atoms with E-state index in [1.807, 2.05) is 24.3 Å². The molecule has 2 heterocycles. The summed E-state index contributed by atoms with van der Waals surface area (Å²) < 4.78 is 5.10. The van der Waals surface area contributed by atoms with Gasteiger partial charge in [-0.15, -0.1) is 0 Å². The van der Waals surface area contributed by atoms with Gasteiger partial charge >= 0.3 is 5.97 Å². The number of carboxylic acids is 1. The summed E-state index contributed by atoms with van der Waals surface area (Å²) in [6.45, 7) is 1.39. The second-order valence-corrected chi connectivity index (χ2v) is 6.06. The number of benzene rings is 1. The molecule has 0 radical (unpaired) electrons. The molecule has 0 aliphatic carbocycles. The predicted molar refractivity (Wildman–Crippen MR) is 91.0 cm³/mol. The number of amides is 2. The fraction of sp³-hybridized carbons (Fsp3) is 0.389. The van der Waals surface area contributed by atoms with Crippen molar-refractivity contribution in [3.8, 4) is 0 Å². The summed E-state index contributed by atoms with van der Waals surface area (Å²) in [7, 11) is 0. The average Bonchev–Trinajstić information content (AvgIpc) is 3.06. The van der Waals surface area contributed by atoms with E-state index in [-0.39, 0.29) is 25.0 Å². The maximum Gasteiger partial charge on any atom is 0.334 e. The molecule has 25 heavy (non-hydrogen) atoms. The monoisotopic (exact) mass is 344 g/mol. The highest BCUT2D eigenvalue weighted by Gasteiger charge is 2.28. The Morgan fingerprint density at radius 3 is 2.60 bits per heavy atom. The standard InChI is InChI=1S/C18H20N2O5/c21-16(19-10-11-25-15(12-19)18(23)24)8-5-13-3-6-14(7-4-13)20-9-1-2-17(20)22/h3-8,15H,1-2,9-12H2,(H,23,24). The zero-order chi connectivity index (χ0) is 17.8. The van der Waals surface area contributed by atoms with Crippen molar-refractivity contribution in [1.29, 1.82) is 0 Å². The molecule has 2 aliphatic rings. The van der Waals surface area contributed by atoms with Crippen LogP contribution in [0.1, 0.15) is 18.4 Å². The van der Waals surface area contributed by atoms with Crippen LogP contribution in [0.15, 0.2) is 30.3 Å². The van der Waals surface area contributed by atoms with Gasteiger partial charge in [-0.2, -0.15) is 0 Å². The Balaban J connectivity index is 1.60. The first kappa shape index (κ1) is 17.2. The van der Waals surface area contributed by atoms with E-state index in [9.17, 15) is 14.4 Å². The predicted octanol–water partition coefficient (Wildman–Crippen LogP) is 1.14. The van der Waals surface area contributed by atoms with Crippen molar-refractivity contribution in [2.75, 3.05) is 31.1 Å². The Labute approximate surface area is 145 Å². The van der Waals surface area contributed by atoms with E-state index in [4.69, 9.17) is 9.84 Å². The number of rotatable bonds is 4. The van der Waals surface area contributed by atoms with Crippen molar-refractivity contribution >= 4 is 29.5 Å². The molecule has 1 aromatic carbocycles. The van der Waals surface area contributed by atoms with Gasteiger partial charge in [-0.1, -0.05) is 12.1 Å². The van der Waals surface area contributed by atoms with E-state index in [1.165, 1.54) is 11.0 Å². The Morgan fingerprint density at radius 1 is 1.20 bits per heavy atom. The van der Waals surface area contributed by atoms with Crippen LogP contribution in [0.4, 0.5) is 5.69 Å². The Bertz CT molecular complexity index is 698. The Hall–Kier alpha value is -2.67. The quantitative estimate of drug-likeness (QED) is 0.828. The maximum atomic E-state index is 12.2. The first-order valence-corrected chi connectivity index (χ1v) is 8.26. The molecule has 2 amide bonds. The van der Waals surface area contributed by atoms with Crippen LogP contribution in [0.2, 0.25) is 0 Å². The molecule has 0 spiro atoms. The van der Waals surface area contributed by atoms with Gasteiger partial charge in [0.25, 0.3) is 0 Å². The summed E-state index contributed by atoms with van der Waals surface area (Å²) in [5.74, 6) is -1.17. The van der Waals surface area contributed by atoms with Crippen molar-refractivity contribution in [3.63, 3.8) is 0 Å². The minimum Gasteiger partial charge on any atom is -0.479 e. The van der Waals surface area contributed by atoms with Gasteiger partial charge in [-0.3, -0.25) is 9.59 Å². The van der Waals surface area contributed by atoms with E-state index in [0.29, 0.717) is 13.0 Å². The maximum absolute atomic E-state index is 12.2. The van der Waals surface area contributed by atoms with E-state index >= 15 is 0 Å². The molecule has 2 aliphatic heterocycles. The largest absolute Gasteiger partial charge is 0.479 e. The number of hydrogen-bond donors (Lipinski definition) is 1. The normalized spacial score (nSPS) is 21.1. The fourth-order valence-corrected chi connectivity index (χ4v) is 2.96. The third kappa shape index (κ3) is 4.06. The highest BCUT2D eigenvalue weighted by atomic mass is 16.5. The molecule has 1 N–H and O–H groups in total. The van der Waals surface area contributed by atoms with Crippen LogP contribution in [-0.2, 0) is 19.1 Å². The Kier molecular flexibility index (Phi) is 5.14. The minimum atomic E-state index is -1.06. The van der Waals surface area contributed by atoms with Gasteiger partial charge in [-0.25, -0.2) is 4.79 Å². The lowest BCUT2D eigenvalue weighted by atomic mass is 10.1. The minimum absolute atomic E-state index is 0.0501. The highest BCUT2D eigenvalue weighted by Crippen LogP contribution is 2.22. The number of hydrogen-bond acceptors (Lipinski definition) is 4. The van der Waals surface area contributed by atoms with Crippen LogP contribution in [-0.4, -0.2) is 60.1 Å².